The van der Waals surface area contributed by atoms with Crippen LogP contribution < -0.4 is 0 Å². The van der Waals surface area contributed by atoms with Crippen molar-refractivity contribution in [3.05, 3.63) is 146 Å². The SMILES string of the molecule is CC/C=C\C/C=C\C/C=C\C/C=C\C/C=C\C/C=C\C/C=C\CCCCCCCCCCCC(=O)OCC(COC(=O)CCCCC/C=C\C/C=C\C/C=C\CC)OC(=O)CCCCCCC/C=C\C/C=C\CCCCC. The Labute approximate surface area is 474 Å². The summed E-state index contributed by atoms with van der Waals surface area (Å²) in [4.78, 5) is 38.2. The number of ether oxygens (including phenoxy) is 3. The molecule has 0 bridgehead atoms. The first kappa shape index (κ1) is 72.3. The minimum absolute atomic E-state index is 0.101. The van der Waals surface area contributed by atoms with Crippen molar-refractivity contribution in [2.24, 2.45) is 0 Å². The first-order chi connectivity index (χ1) is 38.0. The fourth-order valence-corrected chi connectivity index (χ4v) is 8.17. The molecule has 0 aliphatic rings. The van der Waals surface area contributed by atoms with Gasteiger partial charge in [-0.15, -0.1) is 0 Å². The van der Waals surface area contributed by atoms with E-state index in [0.29, 0.717) is 19.3 Å². The molecule has 0 aromatic heterocycles. The van der Waals surface area contributed by atoms with Crippen molar-refractivity contribution in [3.8, 4) is 0 Å². The molecule has 0 rings (SSSR count). The van der Waals surface area contributed by atoms with Crippen LogP contribution in [0.3, 0.4) is 0 Å². The Morgan fingerprint density at radius 2 is 0.506 bits per heavy atom. The van der Waals surface area contributed by atoms with Gasteiger partial charge in [-0.3, -0.25) is 14.4 Å². The molecule has 6 heteroatoms. The number of allylic oxidation sites excluding steroid dienone is 24. The summed E-state index contributed by atoms with van der Waals surface area (Å²) in [6, 6.07) is 0. The number of hydrogen-bond donors (Lipinski definition) is 0. The average Bonchev–Trinajstić information content (AvgIpc) is 3.43. The molecule has 0 heterocycles. The number of rotatable bonds is 55. The summed E-state index contributed by atoms with van der Waals surface area (Å²) in [6.07, 6.45) is 91.4. The van der Waals surface area contributed by atoms with Gasteiger partial charge < -0.3 is 14.2 Å². The molecule has 0 radical (unpaired) electrons. The lowest BCUT2D eigenvalue weighted by molar-refractivity contribution is -0.167. The third-order valence-corrected chi connectivity index (χ3v) is 12.8. The topological polar surface area (TPSA) is 78.9 Å². The Morgan fingerprint density at radius 1 is 0.273 bits per heavy atom. The van der Waals surface area contributed by atoms with Crippen molar-refractivity contribution in [2.75, 3.05) is 13.2 Å². The number of carbonyl (C=O) groups is 3. The van der Waals surface area contributed by atoms with E-state index in [-0.39, 0.29) is 31.1 Å². The molecule has 1 atom stereocenters. The second-order valence-electron chi connectivity index (χ2n) is 20.2. The van der Waals surface area contributed by atoms with Crippen molar-refractivity contribution in [1.82, 2.24) is 0 Å². The summed E-state index contributed by atoms with van der Waals surface area (Å²) in [6.45, 7) is 6.34. The average molecular weight is 1060 g/mol. The van der Waals surface area contributed by atoms with E-state index in [9.17, 15) is 14.4 Å². The van der Waals surface area contributed by atoms with Gasteiger partial charge in [0, 0.05) is 19.3 Å². The van der Waals surface area contributed by atoms with E-state index >= 15 is 0 Å². The Bertz CT molecular complexity index is 1700. The second-order valence-corrected chi connectivity index (χ2v) is 20.2. The van der Waals surface area contributed by atoms with Gasteiger partial charge in [0.05, 0.1) is 0 Å². The molecule has 0 spiro atoms. The van der Waals surface area contributed by atoms with Crippen LogP contribution in [0.15, 0.2) is 146 Å². The minimum atomic E-state index is -0.806. The van der Waals surface area contributed by atoms with Crippen LogP contribution in [0.4, 0.5) is 0 Å². The van der Waals surface area contributed by atoms with Gasteiger partial charge in [-0.05, 0) is 141 Å². The molecule has 6 nitrogen and oxygen atoms in total. The number of carbonyl (C=O) groups excluding carboxylic acids is 3. The van der Waals surface area contributed by atoms with E-state index in [4.69, 9.17) is 14.2 Å². The van der Waals surface area contributed by atoms with E-state index in [1.165, 1.54) is 64.2 Å². The van der Waals surface area contributed by atoms with E-state index in [1.54, 1.807) is 0 Å². The predicted molar refractivity (Wildman–Crippen MR) is 334 cm³/mol. The molecule has 1 unspecified atom stereocenters. The van der Waals surface area contributed by atoms with Crippen molar-refractivity contribution in [3.63, 3.8) is 0 Å². The summed E-state index contributed by atoms with van der Waals surface area (Å²) in [5.74, 6) is -0.953. The molecule has 77 heavy (non-hydrogen) atoms. The fourth-order valence-electron chi connectivity index (χ4n) is 8.17. The van der Waals surface area contributed by atoms with E-state index in [2.05, 4.69) is 167 Å². The monoisotopic (exact) mass is 1060 g/mol. The van der Waals surface area contributed by atoms with Crippen molar-refractivity contribution in [1.29, 1.82) is 0 Å². The molecule has 0 fully saturated rings. The third kappa shape index (κ3) is 62.0. The van der Waals surface area contributed by atoms with Crippen molar-refractivity contribution >= 4 is 17.9 Å². The highest BCUT2D eigenvalue weighted by Crippen LogP contribution is 2.14. The zero-order valence-corrected chi connectivity index (χ0v) is 49.7. The highest BCUT2D eigenvalue weighted by molar-refractivity contribution is 5.71. The van der Waals surface area contributed by atoms with E-state index < -0.39 is 6.10 Å². The van der Waals surface area contributed by atoms with Crippen molar-refractivity contribution < 1.29 is 28.6 Å². The van der Waals surface area contributed by atoms with Gasteiger partial charge in [-0.2, -0.15) is 0 Å². The maximum absolute atomic E-state index is 12.9. The lowest BCUT2D eigenvalue weighted by Crippen LogP contribution is -2.30. The maximum Gasteiger partial charge on any atom is 0.306 e. The van der Waals surface area contributed by atoms with Gasteiger partial charge in [0.15, 0.2) is 6.10 Å². The van der Waals surface area contributed by atoms with Crippen LogP contribution in [-0.4, -0.2) is 37.2 Å². The fraction of sp³-hybridized carbons (Fsp3) is 0.620. The summed E-state index contributed by atoms with van der Waals surface area (Å²) in [7, 11) is 0. The Hall–Kier alpha value is -4.71. The standard InChI is InChI=1S/C71H114O6/c1-4-7-10-13-16-19-22-25-27-28-29-30-31-32-33-34-35-36-37-38-39-40-41-42-44-46-49-52-55-58-61-64-70(73)76-67-68(66-75-69(72)63-60-57-54-51-48-45-24-21-18-15-12-9-6-3)77-71(74)65-62-59-56-53-50-47-43-26-23-20-17-14-11-8-5-2/h7,9-10,12,16-21,25-27,29-30,32-33,35-36,38-39,43,45,48,68H,4-6,8,11,13-15,22-24,28,31,34,37,40-42,44,46-47,49-67H2,1-3H3/b10-7-,12-9-,19-16-,20-17-,21-18-,27-25-,30-29-,33-32-,36-35-,39-38-,43-26-,48-45-. The summed E-state index contributed by atoms with van der Waals surface area (Å²) >= 11 is 0. The summed E-state index contributed by atoms with van der Waals surface area (Å²) < 4.78 is 16.8. The van der Waals surface area contributed by atoms with Crippen LogP contribution in [0.1, 0.15) is 265 Å². The molecule has 0 amide bonds. The largest absolute Gasteiger partial charge is 0.462 e. The first-order valence-electron chi connectivity index (χ1n) is 31.3. The maximum atomic E-state index is 12.9. The quantitative estimate of drug-likeness (QED) is 0.0261. The highest BCUT2D eigenvalue weighted by Gasteiger charge is 2.19. The zero-order chi connectivity index (χ0) is 55.7. The van der Waals surface area contributed by atoms with Gasteiger partial charge in [0.25, 0.3) is 0 Å². The van der Waals surface area contributed by atoms with Gasteiger partial charge in [-0.1, -0.05) is 250 Å². The normalized spacial score (nSPS) is 13.1. The van der Waals surface area contributed by atoms with E-state index in [1.807, 2.05) is 0 Å². The second kappa shape index (κ2) is 63.8. The van der Waals surface area contributed by atoms with Crippen LogP contribution >= 0.6 is 0 Å². The smallest absolute Gasteiger partial charge is 0.306 e. The van der Waals surface area contributed by atoms with Gasteiger partial charge in [0.1, 0.15) is 13.2 Å². The molecule has 0 saturated carbocycles. The third-order valence-electron chi connectivity index (χ3n) is 12.8. The molecular formula is C71H114O6. The molecule has 0 aromatic rings. The van der Waals surface area contributed by atoms with Crippen LogP contribution in [0.2, 0.25) is 0 Å². The molecule has 0 N–H and O–H groups in total. The Morgan fingerprint density at radius 3 is 0.805 bits per heavy atom. The van der Waals surface area contributed by atoms with Gasteiger partial charge >= 0.3 is 17.9 Å². The molecule has 434 valence electrons. The van der Waals surface area contributed by atoms with Crippen LogP contribution in [0, 0.1) is 0 Å². The molecule has 0 aliphatic heterocycles. The lowest BCUT2D eigenvalue weighted by Gasteiger charge is -2.18. The van der Waals surface area contributed by atoms with Gasteiger partial charge in [-0.25, -0.2) is 0 Å². The summed E-state index contributed by atoms with van der Waals surface area (Å²) in [5, 5.41) is 0. The van der Waals surface area contributed by atoms with Crippen molar-refractivity contribution in [2.45, 2.75) is 271 Å². The minimum Gasteiger partial charge on any atom is -0.462 e. The number of hydrogen-bond acceptors (Lipinski definition) is 6. The van der Waals surface area contributed by atoms with Crippen LogP contribution in [0.25, 0.3) is 0 Å². The molecule has 0 saturated heterocycles. The van der Waals surface area contributed by atoms with E-state index in [0.717, 1.165) is 161 Å². The molecule has 0 aromatic carbocycles. The van der Waals surface area contributed by atoms with Crippen LogP contribution in [-0.2, 0) is 28.6 Å². The number of esters is 3. The van der Waals surface area contributed by atoms with Gasteiger partial charge in [0.2, 0.25) is 0 Å². The Balaban J connectivity index is 4.32. The molecular weight excluding hydrogens is 949 g/mol. The summed E-state index contributed by atoms with van der Waals surface area (Å²) in [5.41, 5.74) is 0. The number of unbranched alkanes of at least 4 members (excludes halogenated alkanes) is 20. The first-order valence-corrected chi connectivity index (χ1v) is 31.3. The zero-order valence-electron chi connectivity index (χ0n) is 49.7. The van der Waals surface area contributed by atoms with Crippen LogP contribution in [0.5, 0.6) is 0 Å². The highest BCUT2D eigenvalue weighted by atomic mass is 16.6. The Kier molecular flexibility index (Phi) is 59.9. The lowest BCUT2D eigenvalue weighted by atomic mass is 10.1. The molecule has 0 aliphatic carbocycles. The predicted octanol–water partition coefficient (Wildman–Crippen LogP) is 21.5.